The first-order valence-corrected chi connectivity index (χ1v) is 14.5. The first-order chi connectivity index (χ1) is 21.9. The minimum absolute atomic E-state index is 0.0293. The number of ketones is 2. The van der Waals surface area contributed by atoms with Crippen molar-refractivity contribution in [2.45, 2.75) is 55.9 Å². The summed E-state index contributed by atoms with van der Waals surface area (Å²) in [5, 5.41) is 70.7. The molecule has 1 heterocycles. The van der Waals surface area contributed by atoms with Crippen LogP contribution in [0.2, 0.25) is 0 Å². The van der Waals surface area contributed by atoms with E-state index >= 15 is 0 Å². The third-order valence-corrected chi connectivity index (χ3v) is 8.11. The van der Waals surface area contributed by atoms with Crippen molar-refractivity contribution in [3.05, 3.63) is 59.2 Å². The zero-order valence-corrected chi connectivity index (χ0v) is 24.7. The van der Waals surface area contributed by atoms with E-state index in [-0.39, 0.29) is 48.6 Å². The Hall–Kier alpha value is -4.31. The van der Waals surface area contributed by atoms with Crippen LogP contribution in [0.5, 0.6) is 23.0 Å². The molecule has 0 amide bonds. The van der Waals surface area contributed by atoms with Gasteiger partial charge in [-0.05, 0) is 65.9 Å². The van der Waals surface area contributed by atoms with Gasteiger partial charge in [-0.1, -0.05) is 18.2 Å². The summed E-state index contributed by atoms with van der Waals surface area (Å²) in [6, 6.07) is 6.77. The first kappa shape index (κ1) is 34.6. The molecule has 46 heavy (non-hydrogen) atoms. The Bertz CT molecular complexity index is 1510. The lowest BCUT2D eigenvalue weighted by Crippen LogP contribution is -2.66. The number of fused-ring (bicyclic) bond motifs is 1. The summed E-state index contributed by atoms with van der Waals surface area (Å²) in [6.07, 6.45) is -1.09. The summed E-state index contributed by atoms with van der Waals surface area (Å²) in [7, 11) is 0. The van der Waals surface area contributed by atoms with Gasteiger partial charge in [-0.3, -0.25) is 9.59 Å². The van der Waals surface area contributed by atoms with Crippen molar-refractivity contribution in [3.63, 3.8) is 0 Å². The Kier molecular flexibility index (Phi) is 11.2. The molecule has 14 nitrogen and oxygen atoms in total. The van der Waals surface area contributed by atoms with E-state index in [4.69, 9.17) is 19.9 Å². The molecule has 9 N–H and O–H groups in total. The van der Waals surface area contributed by atoms with Gasteiger partial charge in [0.25, 0.3) is 0 Å². The zero-order valence-electron chi connectivity index (χ0n) is 24.7. The number of carboxylic acids is 1. The third-order valence-electron chi connectivity index (χ3n) is 8.11. The number of aliphatic hydroxyl groups is 3. The summed E-state index contributed by atoms with van der Waals surface area (Å²) >= 11 is 0. The molecule has 248 valence electrons. The second kappa shape index (κ2) is 14.9. The first-order valence-electron chi connectivity index (χ1n) is 14.5. The number of rotatable bonds is 13. The van der Waals surface area contributed by atoms with Gasteiger partial charge < -0.3 is 55.7 Å². The number of hydrogen-bond donors (Lipinski definition) is 8. The molecule has 2 aromatic rings. The van der Waals surface area contributed by atoms with Crippen LogP contribution in [-0.4, -0.2) is 103 Å². The molecule has 0 aromatic heterocycles. The predicted octanol–water partition coefficient (Wildman–Crippen LogP) is 0.627. The molecule has 1 saturated heterocycles. The number of carbonyl (C=O) groups is 3. The smallest absolute Gasteiger partial charge is 0.336 e. The van der Waals surface area contributed by atoms with Gasteiger partial charge in [0.2, 0.25) is 0 Å². The van der Waals surface area contributed by atoms with E-state index in [9.17, 15) is 50.1 Å². The molecule has 0 radical (unpaired) electrons. The average molecular weight is 644 g/mol. The number of hydrogen-bond acceptors (Lipinski definition) is 13. The lowest BCUT2D eigenvalue weighted by atomic mass is 9.67. The van der Waals surface area contributed by atoms with Crippen LogP contribution in [0.3, 0.4) is 0 Å². The Balaban J connectivity index is 1.45. The van der Waals surface area contributed by atoms with E-state index in [2.05, 4.69) is 0 Å². The maximum absolute atomic E-state index is 13.0. The molecule has 0 bridgehead atoms. The molecule has 1 aliphatic carbocycles. The number of benzene rings is 2. The molecule has 4 rings (SSSR count). The van der Waals surface area contributed by atoms with Crippen molar-refractivity contribution in [2.24, 2.45) is 11.7 Å². The minimum atomic E-state index is -2.11. The fourth-order valence-electron chi connectivity index (χ4n) is 5.72. The van der Waals surface area contributed by atoms with Gasteiger partial charge in [0.05, 0.1) is 18.8 Å². The standard InChI is InChI=1S/C32H37NO13/c33-9-10-44-27-7-2-17(11-25(27)39)1-4-20(35)16-45-32(31(42)43)14-26(40)29(41)30-21(32)5-8-28(46-30)22(36)6-3-18-12-23(37)24(38)13-19(18)15-34/h1-4,6-7,11-13,21,26,28-30,34,37-41H,5,8-10,14-16,33H2,(H,42,43)/b4-1-,6-3+/t21-,26-,28+,29-,30-,32+/m1/s1. The number of phenolic OH excluding ortho intramolecular Hbond substituents is 3. The highest BCUT2D eigenvalue weighted by molar-refractivity contribution is 5.97. The second-order valence-corrected chi connectivity index (χ2v) is 11.1. The SMILES string of the molecule is NCCOc1ccc(/C=C\C(=O)CO[C@@]2(C(=O)O)C[C@@H](O)[C@@H](O)[C@@H]3O[C@H](C(=O)/C=C/c4cc(O)c(O)cc4CO)CC[C@H]32)cc1O. The van der Waals surface area contributed by atoms with Crippen LogP contribution >= 0.6 is 0 Å². The molecular formula is C32H37NO13. The van der Waals surface area contributed by atoms with E-state index in [0.29, 0.717) is 5.56 Å². The lowest BCUT2D eigenvalue weighted by Gasteiger charge is -2.51. The molecule has 6 atom stereocenters. The quantitative estimate of drug-likeness (QED) is 0.110. The Morgan fingerprint density at radius 1 is 1.00 bits per heavy atom. The minimum Gasteiger partial charge on any atom is -0.504 e. The molecule has 14 heteroatoms. The van der Waals surface area contributed by atoms with E-state index in [1.807, 2.05) is 0 Å². The highest BCUT2D eigenvalue weighted by Crippen LogP contribution is 2.45. The highest BCUT2D eigenvalue weighted by atomic mass is 16.5. The van der Waals surface area contributed by atoms with Crippen molar-refractivity contribution in [3.8, 4) is 23.0 Å². The average Bonchev–Trinajstić information content (AvgIpc) is 3.04. The molecule has 2 aromatic carbocycles. The fraction of sp³-hybridized carbons (Fsp3) is 0.406. The van der Waals surface area contributed by atoms with Crippen molar-refractivity contribution in [1.29, 1.82) is 0 Å². The number of carboxylic acid groups (broad SMARTS) is 1. The molecule has 0 unspecified atom stereocenters. The van der Waals surface area contributed by atoms with E-state index in [1.54, 1.807) is 6.07 Å². The van der Waals surface area contributed by atoms with E-state index in [0.717, 1.165) is 24.3 Å². The highest BCUT2D eigenvalue weighted by Gasteiger charge is 2.60. The Morgan fingerprint density at radius 3 is 2.41 bits per heavy atom. The number of aliphatic carboxylic acids is 1. The van der Waals surface area contributed by atoms with E-state index in [1.165, 1.54) is 24.3 Å². The van der Waals surface area contributed by atoms with Crippen LogP contribution in [0.4, 0.5) is 0 Å². The number of nitrogens with two attached hydrogens (primary N) is 1. The van der Waals surface area contributed by atoms with Crippen molar-refractivity contribution in [1.82, 2.24) is 0 Å². The molecule has 1 saturated carbocycles. The summed E-state index contributed by atoms with van der Waals surface area (Å²) in [5.74, 6) is -4.52. The van der Waals surface area contributed by atoms with Crippen LogP contribution < -0.4 is 10.5 Å². The molecule has 2 aliphatic rings. The van der Waals surface area contributed by atoms with E-state index < -0.39 is 84.6 Å². The topological polar surface area (TPSA) is 247 Å². The van der Waals surface area contributed by atoms with Gasteiger partial charge in [-0.15, -0.1) is 0 Å². The van der Waals surface area contributed by atoms with Crippen LogP contribution in [-0.2, 0) is 30.5 Å². The van der Waals surface area contributed by atoms with Gasteiger partial charge in [-0.2, -0.15) is 0 Å². The summed E-state index contributed by atoms with van der Waals surface area (Å²) in [5.41, 5.74) is 4.23. The van der Waals surface area contributed by atoms with Crippen molar-refractivity contribution in [2.75, 3.05) is 19.8 Å². The number of phenols is 3. The molecular weight excluding hydrogens is 606 g/mol. The summed E-state index contributed by atoms with van der Waals surface area (Å²) in [4.78, 5) is 38.3. The predicted molar refractivity (Wildman–Crippen MR) is 161 cm³/mol. The number of aliphatic hydroxyl groups excluding tert-OH is 3. The molecule has 2 fully saturated rings. The second-order valence-electron chi connectivity index (χ2n) is 11.1. The Labute approximate surface area is 263 Å². The van der Waals surface area contributed by atoms with Crippen LogP contribution in [0.15, 0.2) is 42.5 Å². The Morgan fingerprint density at radius 2 is 1.74 bits per heavy atom. The molecule has 1 aliphatic heterocycles. The normalized spacial score (nSPS) is 26.2. The maximum atomic E-state index is 13.0. The van der Waals surface area contributed by atoms with Gasteiger partial charge in [0, 0.05) is 18.9 Å². The number of ether oxygens (including phenoxy) is 3. The number of aromatic hydroxyl groups is 3. The monoisotopic (exact) mass is 643 g/mol. The maximum Gasteiger partial charge on any atom is 0.336 e. The van der Waals surface area contributed by atoms with Crippen LogP contribution in [0, 0.1) is 5.92 Å². The third kappa shape index (κ3) is 7.55. The summed E-state index contributed by atoms with van der Waals surface area (Å²) < 4.78 is 16.9. The fourth-order valence-corrected chi connectivity index (χ4v) is 5.72. The zero-order chi connectivity index (χ0) is 33.6. The van der Waals surface area contributed by atoms with Crippen LogP contribution in [0.25, 0.3) is 12.2 Å². The summed E-state index contributed by atoms with van der Waals surface area (Å²) in [6.45, 7) is -0.701. The molecule has 0 spiro atoms. The van der Waals surface area contributed by atoms with Gasteiger partial charge in [-0.25, -0.2) is 4.79 Å². The van der Waals surface area contributed by atoms with Crippen LogP contribution in [0.1, 0.15) is 36.0 Å². The lowest BCUT2D eigenvalue weighted by molar-refractivity contribution is -0.250. The number of carbonyl (C=O) groups excluding carboxylic acids is 2. The van der Waals surface area contributed by atoms with Crippen molar-refractivity contribution >= 4 is 29.7 Å². The van der Waals surface area contributed by atoms with Gasteiger partial charge >= 0.3 is 5.97 Å². The van der Waals surface area contributed by atoms with Gasteiger partial charge in [0.15, 0.2) is 40.2 Å². The largest absolute Gasteiger partial charge is 0.504 e. The van der Waals surface area contributed by atoms with Gasteiger partial charge in [0.1, 0.15) is 25.4 Å². The van der Waals surface area contributed by atoms with Crippen molar-refractivity contribution < 1.29 is 64.3 Å².